The fourth-order valence-electron chi connectivity index (χ4n) is 1.81. The average molecular weight is 228 g/mol. The van der Waals surface area contributed by atoms with Crippen molar-refractivity contribution in [1.82, 2.24) is 9.36 Å². The van der Waals surface area contributed by atoms with Gasteiger partial charge in [-0.3, -0.25) is 0 Å². The molecule has 0 aromatic carbocycles. The van der Waals surface area contributed by atoms with Crippen LogP contribution in [0, 0.1) is 0 Å². The van der Waals surface area contributed by atoms with Gasteiger partial charge in [-0.25, -0.2) is 0 Å². The minimum atomic E-state index is -0.537. The van der Waals surface area contributed by atoms with Crippen LogP contribution in [0.4, 0.5) is 11.1 Å². The molecule has 6 heteroatoms. The van der Waals surface area contributed by atoms with Gasteiger partial charge in [-0.15, -0.1) is 0 Å². The summed E-state index contributed by atoms with van der Waals surface area (Å²) in [5.41, 5.74) is 4.95. The van der Waals surface area contributed by atoms with Gasteiger partial charge in [0.15, 0.2) is 0 Å². The fourth-order valence-corrected chi connectivity index (χ4v) is 2.46. The Labute approximate surface area is 93.1 Å². The largest absolute Gasteiger partial charge is 0.390 e. The molecule has 2 heterocycles. The van der Waals surface area contributed by atoms with E-state index in [1.165, 1.54) is 11.5 Å². The summed E-state index contributed by atoms with van der Waals surface area (Å²) in [6.45, 7) is 3.64. The van der Waals surface area contributed by atoms with E-state index >= 15 is 0 Å². The first kappa shape index (κ1) is 10.6. The second-order valence-corrected chi connectivity index (χ2v) is 5.00. The van der Waals surface area contributed by atoms with Gasteiger partial charge >= 0.3 is 0 Å². The lowest BCUT2D eigenvalue weighted by atomic mass is 9.98. The molecule has 1 unspecified atom stereocenters. The van der Waals surface area contributed by atoms with E-state index in [2.05, 4.69) is 14.3 Å². The van der Waals surface area contributed by atoms with Gasteiger partial charge in [0.05, 0.1) is 5.60 Å². The highest BCUT2D eigenvalue weighted by molar-refractivity contribution is 7.09. The summed E-state index contributed by atoms with van der Waals surface area (Å²) in [4.78, 5) is 6.30. The molecule has 1 fully saturated rings. The van der Waals surface area contributed by atoms with Crippen molar-refractivity contribution in [1.29, 1.82) is 0 Å². The zero-order valence-corrected chi connectivity index (χ0v) is 9.63. The number of rotatable bonds is 1. The molecule has 0 spiro atoms. The van der Waals surface area contributed by atoms with Gasteiger partial charge in [-0.05, 0) is 26.2 Å². The number of aliphatic hydroxyl groups is 1. The summed E-state index contributed by atoms with van der Waals surface area (Å²) in [6, 6.07) is 0. The molecule has 0 saturated carbocycles. The third-order valence-electron chi connectivity index (χ3n) is 2.77. The second-order valence-electron chi connectivity index (χ2n) is 4.27. The van der Waals surface area contributed by atoms with Crippen LogP contribution in [0.2, 0.25) is 0 Å². The second kappa shape index (κ2) is 3.94. The molecule has 1 aromatic heterocycles. The molecule has 1 aliphatic heterocycles. The van der Waals surface area contributed by atoms with E-state index < -0.39 is 5.60 Å². The molecule has 84 valence electrons. The third-order valence-corrected chi connectivity index (χ3v) is 3.56. The molecule has 0 radical (unpaired) electrons. The monoisotopic (exact) mass is 228 g/mol. The van der Waals surface area contributed by atoms with Crippen LogP contribution in [0.25, 0.3) is 0 Å². The first-order valence-corrected chi connectivity index (χ1v) is 5.91. The maximum atomic E-state index is 9.94. The summed E-state index contributed by atoms with van der Waals surface area (Å²) in [5.74, 6) is 0.339. The topological polar surface area (TPSA) is 75.3 Å². The number of anilines is 2. The van der Waals surface area contributed by atoms with Crippen LogP contribution < -0.4 is 10.6 Å². The smallest absolute Gasteiger partial charge is 0.233 e. The lowest BCUT2D eigenvalue weighted by molar-refractivity contribution is 0.0481. The first-order valence-electron chi connectivity index (χ1n) is 5.13. The van der Waals surface area contributed by atoms with Gasteiger partial charge < -0.3 is 15.7 Å². The molecule has 0 aliphatic carbocycles. The normalized spacial score (nSPS) is 27.7. The van der Waals surface area contributed by atoms with E-state index in [4.69, 9.17) is 5.73 Å². The van der Waals surface area contributed by atoms with Crippen molar-refractivity contribution in [3.05, 3.63) is 0 Å². The van der Waals surface area contributed by atoms with Crippen molar-refractivity contribution in [3.63, 3.8) is 0 Å². The van der Waals surface area contributed by atoms with Crippen LogP contribution in [0.15, 0.2) is 0 Å². The van der Waals surface area contributed by atoms with Gasteiger partial charge in [-0.1, -0.05) is 0 Å². The Hall–Kier alpha value is -0.880. The number of nitrogens with two attached hydrogens (primary N) is 1. The van der Waals surface area contributed by atoms with E-state index in [9.17, 15) is 5.11 Å². The van der Waals surface area contributed by atoms with Gasteiger partial charge in [0.25, 0.3) is 0 Å². The van der Waals surface area contributed by atoms with Crippen molar-refractivity contribution in [2.45, 2.75) is 31.8 Å². The van der Waals surface area contributed by atoms with Crippen LogP contribution >= 0.6 is 11.5 Å². The molecule has 15 heavy (non-hydrogen) atoms. The van der Waals surface area contributed by atoms with Crippen LogP contribution in [-0.2, 0) is 0 Å². The molecule has 1 aliphatic rings. The SMILES string of the molecule is CC1(O)CCCN(c2nc(N)ns2)CC1. The summed E-state index contributed by atoms with van der Waals surface area (Å²) < 4.78 is 3.96. The van der Waals surface area contributed by atoms with Crippen molar-refractivity contribution >= 4 is 22.6 Å². The van der Waals surface area contributed by atoms with Crippen LogP contribution in [0.1, 0.15) is 26.2 Å². The molecule has 0 amide bonds. The lowest BCUT2D eigenvalue weighted by Gasteiger charge is -2.21. The molecule has 1 saturated heterocycles. The Balaban J connectivity index is 2.05. The molecule has 1 atom stereocenters. The Morgan fingerprint density at radius 1 is 1.47 bits per heavy atom. The Morgan fingerprint density at radius 3 is 2.93 bits per heavy atom. The summed E-state index contributed by atoms with van der Waals surface area (Å²) in [6.07, 6.45) is 2.59. The molecule has 3 N–H and O–H groups in total. The maximum Gasteiger partial charge on any atom is 0.233 e. The molecule has 2 rings (SSSR count). The van der Waals surface area contributed by atoms with Crippen molar-refractivity contribution < 1.29 is 5.11 Å². The highest BCUT2D eigenvalue weighted by Crippen LogP contribution is 2.26. The molecule has 0 bridgehead atoms. The standard InChI is InChI=1S/C9H16N4OS/c1-9(14)3-2-5-13(6-4-9)8-11-7(10)12-15-8/h14H,2-6H2,1H3,(H2,10,12). The fraction of sp³-hybridized carbons (Fsp3) is 0.778. The van der Waals surface area contributed by atoms with E-state index in [0.29, 0.717) is 5.95 Å². The van der Waals surface area contributed by atoms with Gasteiger partial charge in [0, 0.05) is 24.6 Å². The van der Waals surface area contributed by atoms with E-state index in [0.717, 1.165) is 37.5 Å². The predicted octanol–water partition coefficient (Wildman–Crippen LogP) is 0.862. The lowest BCUT2D eigenvalue weighted by Crippen LogP contribution is -2.28. The zero-order valence-electron chi connectivity index (χ0n) is 8.81. The number of aromatic nitrogens is 2. The van der Waals surface area contributed by atoms with Crippen LogP contribution in [0.3, 0.4) is 0 Å². The predicted molar refractivity (Wildman–Crippen MR) is 61.0 cm³/mol. The number of nitrogens with zero attached hydrogens (tertiary/aromatic N) is 3. The van der Waals surface area contributed by atoms with Crippen LogP contribution in [-0.4, -0.2) is 33.2 Å². The summed E-state index contributed by atoms with van der Waals surface area (Å²) >= 11 is 1.32. The van der Waals surface area contributed by atoms with E-state index in [1.807, 2.05) is 6.92 Å². The molecule has 1 aromatic rings. The minimum absolute atomic E-state index is 0.339. The zero-order chi connectivity index (χ0) is 10.9. The summed E-state index contributed by atoms with van der Waals surface area (Å²) in [7, 11) is 0. The minimum Gasteiger partial charge on any atom is -0.390 e. The Kier molecular flexibility index (Phi) is 2.79. The van der Waals surface area contributed by atoms with Gasteiger partial charge in [-0.2, -0.15) is 9.36 Å². The van der Waals surface area contributed by atoms with Crippen molar-refractivity contribution in [2.24, 2.45) is 0 Å². The van der Waals surface area contributed by atoms with E-state index in [1.54, 1.807) is 0 Å². The van der Waals surface area contributed by atoms with E-state index in [-0.39, 0.29) is 0 Å². The first-order chi connectivity index (χ1) is 7.07. The van der Waals surface area contributed by atoms with Gasteiger partial charge in [0.1, 0.15) is 0 Å². The third kappa shape index (κ3) is 2.57. The highest BCUT2D eigenvalue weighted by atomic mass is 32.1. The van der Waals surface area contributed by atoms with Crippen LogP contribution in [0.5, 0.6) is 0 Å². The quantitative estimate of drug-likeness (QED) is 0.745. The molecule has 5 nitrogen and oxygen atoms in total. The molecular formula is C9H16N4OS. The number of hydrogen-bond donors (Lipinski definition) is 2. The Morgan fingerprint density at radius 2 is 2.27 bits per heavy atom. The molecular weight excluding hydrogens is 212 g/mol. The Bertz CT molecular complexity index is 339. The van der Waals surface area contributed by atoms with Crippen molar-refractivity contribution in [3.8, 4) is 0 Å². The van der Waals surface area contributed by atoms with Crippen molar-refractivity contribution in [2.75, 3.05) is 23.7 Å². The summed E-state index contributed by atoms with van der Waals surface area (Å²) in [5, 5.41) is 10.8. The van der Waals surface area contributed by atoms with Gasteiger partial charge in [0.2, 0.25) is 11.1 Å². The highest BCUT2D eigenvalue weighted by Gasteiger charge is 2.26. The number of nitrogen functional groups attached to an aromatic ring is 1. The maximum absolute atomic E-state index is 9.94. The number of hydrogen-bond acceptors (Lipinski definition) is 6. The average Bonchev–Trinajstić information content (AvgIpc) is 2.49.